The first-order valence-corrected chi connectivity index (χ1v) is 8.12. The maximum atomic E-state index is 12.0. The molecule has 1 aliphatic carbocycles. The largest absolute Gasteiger partial charge is 0.465 e. The van der Waals surface area contributed by atoms with Crippen LogP contribution in [0.4, 0.5) is 9.59 Å². The van der Waals surface area contributed by atoms with E-state index in [1.165, 1.54) is 0 Å². The standard InChI is InChI=1S/C16H21N3O4S/c17-14(24)12-8-11(18-15(20)21)6-7-13(12)19-16(22)23-9-10-4-2-1-3-5-10/h1-5,11-13,18H,6-9H2,(H2,17,24)(H,19,22)(H,20,21)/t11?,12-,13+/m1/s1. The van der Waals surface area contributed by atoms with Crippen molar-refractivity contribution in [1.29, 1.82) is 0 Å². The van der Waals surface area contributed by atoms with Crippen molar-refractivity contribution in [3.8, 4) is 0 Å². The minimum atomic E-state index is -1.07. The summed E-state index contributed by atoms with van der Waals surface area (Å²) in [6.07, 6.45) is 0.0402. The summed E-state index contributed by atoms with van der Waals surface area (Å²) in [5.74, 6) is -0.269. The summed E-state index contributed by atoms with van der Waals surface area (Å²) in [6.45, 7) is 0.181. The molecule has 24 heavy (non-hydrogen) atoms. The quantitative estimate of drug-likeness (QED) is 0.604. The van der Waals surface area contributed by atoms with Crippen LogP contribution in [0.25, 0.3) is 0 Å². The van der Waals surface area contributed by atoms with E-state index < -0.39 is 12.2 Å². The molecule has 5 N–H and O–H groups in total. The van der Waals surface area contributed by atoms with Gasteiger partial charge in [-0.05, 0) is 24.8 Å². The van der Waals surface area contributed by atoms with Crippen LogP contribution in [0.3, 0.4) is 0 Å². The Bertz CT molecular complexity index is 596. The average molecular weight is 351 g/mol. The van der Waals surface area contributed by atoms with Crippen LogP contribution in [0.5, 0.6) is 0 Å². The monoisotopic (exact) mass is 351 g/mol. The minimum Gasteiger partial charge on any atom is -0.465 e. The maximum Gasteiger partial charge on any atom is 0.407 e. The highest BCUT2D eigenvalue weighted by Crippen LogP contribution is 2.25. The molecule has 130 valence electrons. The Hall–Kier alpha value is -2.35. The van der Waals surface area contributed by atoms with E-state index in [1.54, 1.807) is 0 Å². The Balaban J connectivity index is 1.86. The Morgan fingerprint density at radius 2 is 1.96 bits per heavy atom. The second-order valence-electron chi connectivity index (χ2n) is 5.78. The maximum absolute atomic E-state index is 12.0. The van der Waals surface area contributed by atoms with E-state index in [9.17, 15) is 9.59 Å². The zero-order valence-electron chi connectivity index (χ0n) is 13.1. The van der Waals surface area contributed by atoms with Gasteiger partial charge in [-0.1, -0.05) is 42.5 Å². The Labute approximate surface area is 145 Å². The molecule has 0 bridgehead atoms. The van der Waals surface area contributed by atoms with Crippen LogP contribution in [0.15, 0.2) is 30.3 Å². The molecule has 0 aliphatic heterocycles. The van der Waals surface area contributed by atoms with Crippen LogP contribution >= 0.6 is 12.2 Å². The topological polar surface area (TPSA) is 114 Å². The molecule has 0 spiro atoms. The fourth-order valence-corrected chi connectivity index (χ4v) is 3.14. The second-order valence-corrected chi connectivity index (χ2v) is 6.25. The lowest BCUT2D eigenvalue weighted by Crippen LogP contribution is -2.52. The van der Waals surface area contributed by atoms with E-state index in [2.05, 4.69) is 10.6 Å². The number of ether oxygens (including phenoxy) is 1. The van der Waals surface area contributed by atoms with Crippen molar-refractivity contribution in [3.63, 3.8) is 0 Å². The molecule has 1 fully saturated rings. The van der Waals surface area contributed by atoms with E-state index in [4.69, 9.17) is 27.8 Å². The SMILES string of the molecule is NC(=S)[C@@H]1CC(NC(=O)O)CC[C@@H]1NC(=O)OCc1ccccc1. The van der Waals surface area contributed by atoms with Crippen molar-refractivity contribution in [2.45, 2.75) is 38.0 Å². The lowest BCUT2D eigenvalue weighted by Gasteiger charge is -2.35. The van der Waals surface area contributed by atoms with Gasteiger partial charge >= 0.3 is 12.2 Å². The molecule has 1 aromatic rings. The molecule has 0 heterocycles. The van der Waals surface area contributed by atoms with Crippen molar-refractivity contribution in [1.82, 2.24) is 10.6 Å². The number of nitrogens with one attached hydrogen (secondary N) is 2. The van der Waals surface area contributed by atoms with Crippen LogP contribution < -0.4 is 16.4 Å². The Morgan fingerprint density at radius 3 is 2.58 bits per heavy atom. The van der Waals surface area contributed by atoms with Gasteiger partial charge in [0.25, 0.3) is 0 Å². The number of nitrogens with two attached hydrogens (primary N) is 1. The molecule has 7 nitrogen and oxygen atoms in total. The number of alkyl carbamates (subject to hydrolysis) is 1. The zero-order valence-corrected chi connectivity index (χ0v) is 13.9. The summed E-state index contributed by atoms with van der Waals surface area (Å²) in [5.41, 5.74) is 6.65. The van der Waals surface area contributed by atoms with Crippen molar-refractivity contribution in [2.24, 2.45) is 11.7 Å². The molecule has 2 rings (SSSR count). The summed E-state index contributed by atoms with van der Waals surface area (Å²) in [6, 6.07) is 8.90. The first-order valence-electron chi connectivity index (χ1n) is 7.71. The van der Waals surface area contributed by atoms with Gasteiger partial charge in [0.1, 0.15) is 6.61 Å². The van der Waals surface area contributed by atoms with Gasteiger partial charge < -0.3 is 26.2 Å². The molecule has 2 amide bonds. The molecule has 8 heteroatoms. The van der Waals surface area contributed by atoms with Crippen LogP contribution in [0.1, 0.15) is 24.8 Å². The summed E-state index contributed by atoms with van der Waals surface area (Å²) < 4.78 is 5.21. The second kappa shape index (κ2) is 8.49. The summed E-state index contributed by atoms with van der Waals surface area (Å²) >= 11 is 5.06. The molecule has 1 unspecified atom stereocenters. The van der Waals surface area contributed by atoms with Crippen molar-refractivity contribution in [3.05, 3.63) is 35.9 Å². The number of benzene rings is 1. The molecule has 3 atom stereocenters. The molecular formula is C16H21N3O4S. The predicted octanol–water partition coefficient (Wildman–Crippen LogP) is 2.00. The number of rotatable bonds is 5. The van der Waals surface area contributed by atoms with Gasteiger partial charge in [0.15, 0.2) is 0 Å². The lowest BCUT2D eigenvalue weighted by atomic mass is 9.81. The van der Waals surface area contributed by atoms with Gasteiger partial charge in [-0.25, -0.2) is 9.59 Å². The number of hydrogen-bond donors (Lipinski definition) is 4. The van der Waals surface area contributed by atoms with Gasteiger partial charge in [0.05, 0.1) is 4.99 Å². The van der Waals surface area contributed by atoms with Crippen molar-refractivity contribution < 1.29 is 19.4 Å². The minimum absolute atomic E-state index is 0.181. The highest BCUT2D eigenvalue weighted by Gasteiger charge is 2.34. The van der Waals surface area contributed by atoms with Crippen LogP contribution in [-0.2, 0) is 11.3 Å². The molecule has 0 saturated heterocycles. The molecule has 1 saturated carbocycles. The Kier molecular flexibility index (Phi) is 6.36. The first-order chi connectivity index (χ1) is 11.5. The van der Waals surface area contributed by atoms with Gasteiger partial charge in [-0.15, -0.1) is 0 Å². The van der Waals surface area contributed by atoms with Crippen LogP contribution in [0, 0.1) is 5.92 Å². The van der Waals surface area contributed by atoms with Crippen LogP contribution in [0.2, 0.25) is 0 Å². The fraction of sp³-hybridized carbons (Fsp3) is 0.438. The predicted molar refractivity (Wildman–Crippen MR) is 92.6 cm³/mol. The normalized spacial score (nSPS) is 23.1. The third kappa shape index (κ3) is 5.38. The third-order valence-electron chi connectivity index (χ3n) is 4.06. The fourth-order valence-electron chi connectivity index (χ4n) is 2.88. The van der Waals surface area contributed by atoms with Gasteiger partial charge in [-0.3, -0.25) is 0 Å². The number of carbonyl (C=O) groups is 2. The smallest absolute Gasteiger partial charge is 0.407 e. The highest BCUT2D eigenvalue weighted by atomic mass is 32.1. The van der Waals surface area contributed by atoms with Crippen molar-refractivity contribution in [2.75, 3.05) is 0 Å². The molecule has 1 aliphatic rings. The number of amides is 2. The molecule has 0 radical (unpaired) electrons. The first kappa shape index (κ1) is 18.0. The van der Waals surface area contributed by atoms with E-state index >= 15 is 0 Å². The van der Waals surface area contributed by atoms with E-state index in [1.807, 2.05) is 30.3 Å². The highest BCUT2D eigenvalue weighted by molar-refractivity contribution is 7.80. The number of carbonyl (C=O) groups excluding carboxylic acids is 1. The zero-order chi connectivity index (χ0) is 17.5. The third-order valence-corrected chi connectivity index (χ3v) is 4.36. The molecular weight excluding hydrogens is 330 g/mol. The number of carboxylic acid groups (broad SMARTS) is 1. The van der Waals surface area contributed by atoms with E-state index in [0.717, 1.165) is 5.56 Å². The molecule has 0 aromatic heterocycles. The lowest BCUT2D eigenvalue weighted by molar-refractivity contribution is 0.128. The molecule has 1 aromatic carbocycles. The van der Waals surface area contributed by atoms with Gasteiger partial charge in [-0.2, -0.15) is 0 Å². The Morgan fingerprint density at radius 1 is 1.25 bits per heavy atom. The average Bonchev–Trinajstić information content (AvgIpc) is 2.54. The van der Waals surface area contributed by atoms with E-state index in [-0.39, 0.29) is 29.6 Å². The van der Waals surface area contributed by atoms with Gasteiger partial charge in [0.2, 0.25) is 0 Å². The summed E-state index contributed by atoms with van der Waals surface area (Å²) in [4.78, 5) is 23.0. The van der Waals surface area contributed by atoms with Crippen molar-refractivity contribution >= 4 is 29.4 Å². The number of thiocarbonyl (C=S) groups is 1. The summed E-state index contributed by atoms with van der Waals surface area (Å²) in [7, 11) is 0. The van der Waals surface area contributed by atoms with Crippen LogP contribution in [-0.4, -0.2) is 34.4 Å². The summed E-state index contributed by atoms with van der Waals surface area (Å²) in [5, 5.41) is 14.1. The number of hydrogen-bond acceptors (Lipinski definition) is 4. The van der Waals surface area contributed by atoms with E-state index in [0.29, 0.717) is 19.3 Å². The van der Waals surface area contributed by atoms with Gasteiger partial charge in [0, 0.05) is 18.0 Å².